The summed E-state index contributed by atoms with van der Waals surface area (Å²) in [5, 5.41) is 13.0. The predicted molar refractivity (Wildman–Crippen MR) is 73.7 cm³/mol. The first-order valence-electron chi connectivity index (χ1n) is 5.94. The minimum Gasteiger partial charge on any atom is -0.367 e. The Morgan fingerprint density at radius 3 is 2.35 bits per heavy atom. The van der Waals surface area contributed by atoms with Crippen LogP contribution >= 0.6 is 15.9 Å². The minimum atomic E-state index is -0.430. The summed E-state index contributed by atoms with van der Waals surface area (Å²) in [6.07, 6.45) is 3.14. The highest BCUT2D eigenvalue weighted by Crippen LogP contribution is 2.47. The zero-order chi connectivity index (χ0) is 12.5. The quantitative estimate of drug-likeness (QED) is 0.880. The molecule has 1 unspecified atom stereocenters. The number of halogens is 1. The Hall–Kier alpha value is -1.01. The molecule has 90 valence electrons. The van der Waals surface area contributed by atoms with Crippen LogP contribution in [0, 0.1) is 16.7 Å². The van der Waals surface area contributed by atoms with E-state index in [1.54, 1.807) is 0 Å². The number of hydrogen-bond acceptors (Lipinski definition) is 2. The number of hydrogen-bond donors (Lipinski definition) is 1. The lowest BCUT2D eigenvalue weighted by molar-refractivity contribution is 0.290. The van der Waals surface area contributed by atoms with E-state index in [9.17, 15) is 5.26 Å². The van der Waals surface area contributed by atoms with Gasteiger partial charge in [-0.2, -0.15) is 5.26 Å². The topological polar surface area (TPSA) is 35.8 Å². The zero-order valence-corrected chi connectivity index (χ0v) is 11.8. The van der Waals surface area contributed by atoms with Crippen LogP contribution in [-0.2, 0) is 0 Å². The summed E-state index contributed by atoms with van der Waals surface area (Å²) in [6.45, 7) is 4.35. The van der Waals surface area contributed by atoms with Crippen LogP contribution in [0.2, 0.25) is 0 Å². The van der Waals surface area contributed by atoms with Crippen molar-refractivity contribution in [2.45, 2.75) is 38.6 Å². The van der Waals surface area contributed by atoms with E-state index in [2.05, 4.69) is 41.2 Å². The third kappa shape index (κ3) is 2.19. The van der Waals surface area contributed by atoms with Gasteiger partial charge in [-0.05, 0) is 43.5 Å². The summed E-state index contributed by atoms with van der Waals surface area (Å²) in [6, 6.07) is 10.5. The summed E-state index contributed by atoms with van der Waals surface area (Å²) in [5.74, 6) is 0. The fraction of sp³-hybridized carbons (Fsp3) is 0.500. The van der Waals surface area contributed by atoms with E-state index in [1.807, 2.05) is 24.3 Å². The molecule has 0 aliphatic heterocycles. The van der Waals surface area contributed by atoms with Gasteiger partial charge < -0.3 is 5.32 Å². The van der Waals surface area contributed by atoms with Crippen LogP contribution in [-0.4, -0.2) is 5.54 Å². The molecule has 0 spiro atoms. The molecule has 1 saturated carbocycles. The maximum absolute atomic E-state index is 9.55. The average molecular weight is 293 g/mol. The highest BCUT2D eigenvalue weighted by molar-refractivity contribution is 9.10. The molecule has 0 radical (unpaired) electrons. The van der Waals surface area contributed by atoms with E-state index in [-0.39, 0.29) is 5.41 Å². The van der Waals surface area contributed by atoms with Gasteiger partial charge in [0.15, 0.2) is 0 Å². The molecular formula is C14H17BrN2. The molecule has 0 bridgehead atoms. The van der Waals surface area contributed by atoms with Gasteiger partial charge in [-0.15, -0.1) is 0 Å². The van der Waals surface area contributed by atoms with E-state index in [0.717, 1.165) is 29.4 Å². The number of anilines is 1. The molecule has 0 aromatic heterocycles. The Balaban J connectivity index is 2.27. The van der Waals surface area contributed by atoms with Gasteiger partial charge in [-0.3, -0.25) is 0 Å². The van der Waals surface area contributed by atoms with Crippen LogP contribution in [0.3, 0.4) is 0 Å². The highest BCUT2D eigenvalue weighted by Gasteiger charge is 2.49. The molecule has 1 aliphatic rings. The summed E-state index contributed by atoms with van der Waals surface area (Å²) in [4.78, 5) is 0. The van der Waals surface area contributed by atoms with E-state index >= 15 is 0 Å². The highest BCUT2D eigenvalue weighted by atomic mass is 79.9. The maximum Gasteiger partial charge on any atom is 0.130 e. The Labute approximate surface area is 111 Å². The molecule has 1 aliphatic carbocycles. The van der Waals surface area contributed by atoms with Crippen LogP contribution < -0.4 is 5.32 Å². The molecule has 1 fully saturated rings. The molecule has 1 atom stereocenters. The first kappa shape index (κ1) is 12.4. The third-order valence-electron chi connectivity index (χ3n) is 3.90. The maximum atomic E-state index is 9.55. The SMILES string of the molecule is CC1(C)CCCC1(C#N)Nc1ccc(Br)cc1. The van der Waals surface area contributed by atoms with Crippen LogP contribution in [0.25, 0.3) is 0 Å². The second-order valence-corrected chi connectivity index (χ2v) is 6.30. The first-order chi connectivity index (χ1) is 7.99. The fourth-order valence-corrected chi connectivity index (χ4v) is 2.86. The van der Waals surface area contributed by atoms with Crippen molar-refractivity contribution < 1.29 is 0 Å². The van der Waals surface area contributed by atoms with E-state index in [1.165, 1.54) is 0 Å². The van der Waals surface area contributed by atoms with Crippen molar-refractivity contribution >= 4 is 21.6 Å². The Morgan fingerprint density at radius 1 is 1.24 bits per heavy atom. The standard InChI is InChI=1S/C14H17BrN2/c1-13(2)8-3-9-14(13,10-16)17-12-6-4-11(15)5-7-12/h4-7,17H,3,8-9H2,1-2H3. The van der Waals surface area contributed by atoms with Crippen molar-refractivity contribution in [3.05, 3.63) is 28.7 Å². The van der Waals surface area contributed by atoms with E-state index in [4.69, 9.17) is 0 Å². The van der Waals surface area contributed by atoms with Gasteiger partial charge in [-0.1, -0.05) is 29.8 Å². The summed E-state index contributed by atoms with van der Waals surface area (Å²) >= 11 is 3.42. The molecule has 2 rings (SSSR count). The van der Waals surface area contributed by atoms with Crippen molar-refractivity contribution in [2.75, 3.05) is 5.32 Å². The number of rotatable bonds is 2. The van der Waals surface area contributed by atoms with Crippen LogP contribution in [0.4, 0.5) is 5.69 Å². The summed E-state index contributed by atoms with van der Waals surface area (Å²) < 4.78 is 1.06. The number of benzene rings is 1. The molecule has 1 N–H and O–H groups in total. The van der Waals surface area contributed by atoms with Crippen molar-refractivity contribution in [1.29, 1.82) is 5.26 Å². The zero-order valence-electron chi connectivity index (χ0n) is 10.3. The molecule has 2 nitrogen and oxygen atoms in total. The molecule has 1 aromatic rings. The minimum absolute atomic E-state index is 0.0226. The van der Waals surface area contributed by atoms with E-state index < -0.39 is 5.54 Å². The van der Waals surface area contributed by atoms with Crippen molar-refractivity contribution in [2.24, 2.45) is 5.41 Å². The molecular weight excluding hydrogens is 276 g/mol. The molecule has 0 heterocycles. The second kappa shape index (κ2) is 4.34. The lowest BCUT2D eigenvalue weighted by Gasteiger charge is -2.37. The largest absolute Gasteiger partial charge is 0.367 e. The monoisotopic (exact) mass is 292 g/mol. The normalized spacial score (nSPS) is 26.5. The van der Waals surface area contributed by atoms with Crippen molar-refractivity contribution in [3.63, 3.8) is 0 Å². The fourth-order valence-electron chi connectivity index (χ4n) is 2.59. The van der Waals surface area contributed by atoms with Crippen LogP contribution in [0.5, 0.6) is 0 Å². The Kier molecular flexibility index (Phi) is 3.18. The van der Waals surface area contributed by atoms with Gasteiger partial charge in [0, 0.05) is 15.6 Å². The number of nitrogens with zero attached hydrogens (tertiary/aromatic N) is 1. The summed E-state index contributed by atoms with van der Waals surface area (Å²) in [5.41, 5.74) is 0.611. The van der Waals surface area contributed by atoms with Gasteiger partial charge in [0.05, 0.1) is 6.07 Å². The van der Waals surface area contributed by atoms with Crippen LogP contribution in [0.1, 0.15) is 33.1 Å². The molecule has 1 aromatic carbocycles. The molecule has 3 heteroatoms. The van der Waals surface area contributed by atoms with Gasteiger partial charge in [-0.25, -0.2) is 0 Å². The lowest BCUT2D eigenvalue weighted by Crippen LogP contribution is -2.45. The predicted octanol–water partition coefficient (Wildman–Crippen LogP) is 4.33. The van der Waals surface area contributed by atoms with Gasteiger partial charge in [0.25, 0.3) is 0 Å². The van der Waals surface area contributed by atoms with Gasteiger partial charge >= 0.3 is 0 Å². The summed E-state index contributed by atoms with van der Waals surface area (Å²) in [7, 11) is 0. The first-order valence-corrected chi connectivity index (χ1v) is 6.73. The molecule has 0 saturated heterocycles. The van der Waals surface area contributed by atoms with Crippen molar-refractivity contribution in [1.82, 2.24) is 0 Å². The van der Waals surface area contributed by atoms with Gasteiger partial charge in [0.2, 0.25) is 0 Å². The van der Waals surface area contributed by atoms with Gasteiger partial charge in [0.1, 0.15) is 5.54 Å². The smallest absolute Gasteiger partial charge is 0.130 e. The number of nitriles is 1. The second-order valence-electron chi connectivity index (χ2n) is 5.39. The average Bonchev–Trinajstić information content (AvgIpc) is 2.58. The Morgan fingerprint density at radius 2 is 1.88 bits per heavy atom. The van der Waals surface area contributed by atoms with Crippen LogP contribution in [0.15, 0.2) is 28.7 Å². The third-order valence-corrected chi connectivity index (χ3v) is 4.43. The Bertz CT molecular complexity index is 444. The van der Waals surface area contributed by atoms with E-state index in [0.29, 0.717) is 0 Å². The van der Waals surface area contributed by atoms with Crippen molar-refractivity contribution in [3.8, 4) is 6.07 Å². The molecule has 17 heavy (non-hydrogen) atoms. The number of nitrogens with one attached hydrogen (secondary N) is 1. The molecule has 0 amide bonds. The lowest BCUT2D eigenvalue weighted by atomic mass is 9.75.